The van der Waals surface area contributed by atoms with Crippen molar-refractivity contribution in [2.75, 3.05) is 32.8 Å². The van der Waals surface area contributed by atoms with Gasteiger partial charge in [0, 0.05) is 56.0 Å². The quantitative estimate of drug-likeness (QED) is 0.550. The third kappa shape index (κ3) is 6.35. The van der Waals surface area contributed by atoms with E-state index in [0.29, 0.717) is 39.2 Å². The second kappa shape index (κ2) is 11.7. The highest BCUT2D eigenvalue weighted by atomic mass is 32.1. The van der Waals surface area contributed by atoms with Crippen LogP contribution in [0.5, 0.6) is 5.75 Å². The van der Waals surface area contributed by atoms with Crippen molar-refractivity contribution < 1.29 is 19.1 Å². The van der Waals surface area contributed by atoms with Gasteiger partial charge < -0.3 is 19.9 Å². The summed E-state index contributed by atoms with van der Waals surface area (Å²) in [5, 5.41) is 4.84. The first-order valence-electron chi connectivity index (χ1n) is 12.7. The number of benzene rings is 1. The molecule has 0 unspecified atom stereocenters. The van der Waals surface area contributed by atoms with Gasteiger partial charge in [0.2, 0.25) is 17.7 Å². The highest BCUT2D eigenvalue weighted by Gasteiger charge is 2.43. The molecule has 2 aliphatic rings. The molecule has 0 aliphatic carbocycles. The number of ether oxygens (including phenoxy) is 1. The molecule has 4 rings (SSSR count). The lowest BCUT2D eigenvalue weighted by atomic mass is 9.77. The zero-order chi connectivity index (χ0) is 25.5. The van der Waals surface area contributed by atoms with Gasteiger partial charge in [-0.3, -0.25) is 14.4 Å². The SMILES string of the molecule is CCOc1ccccc1/C=C/C(=O)N1CCC2(CC1)CCN(C(=O)[C@H](Cc1cccs1)NC(C)=O)C2. The van der Waals surface area contributed by atoms with Gasteiger partial charge in [-0.15, -0.1) is 11.3 Å². The number of hydrogen-bond donors (Lipinski definition) is 1. The Morgan fingerprint density at radius 2 is 1.81 bits per heavy atom. The molecule has 7 nitrogen and oxygen atoms in total. The van der Waals surface area contributed by atoms with E-state index in [0.717, 1.165) is 35.5 Å². The second-order valence-corrected chi connectivity index (χ2v) is 10.7. The van der Waals surface area contributed by atoms with Gasteiger partial charge in [0.1, 0.15) is 11.8 Å². The number of likely N-dealkylation sites (tertiary alicyclic amines) is 2. The van der Waals surface area contributed by atoms with Crippen molar-refractivity contribution in [3.05, 3.63) is 58.3 Å². The molecule has 2 aliphatic heterocycles. The van der Waals surface area contributed by atoms with E-state index in [4.69, 9.17) is 4.74 Å². The summed E-state index contributed by atoms with van der Waals surface area (Å²) in [5.74, 6) is 0.574. The van der Waals surface area contributed by atoms with Crippen LogP contribution >= 0.6 is 11.3 Å². The topological polar surface area (TPSA) is 79.0 Å². The third-order valence-corrected chi connectivity index (χ3v) is 8.07. The van der Waals surface area contributed by atoms with Gasteiger partial charge in [0.25, 0.3) is 0 Å². The number of rotatable bonds is 8. The number of thiophene rings is 1. The van der Waals surface area contributed by atoms with E-state index in [1.54, 1.807) is 17.4 Å². The summed E-state index contributed by atoms with van der Waals surface area (Å²) in [6.07, 6.45) is 6.65. The Balaban J connectivity index is 1.32. The maximum Gasteiger partial charge on any atom is 0.246 e. The minimum atomic E-state index is -0.539. The largest absolute Gasteiger partial charge is 0.493 e. The van der Waals surface area contributed by atoms with E-state index >= 15 is 0 Å². The summed E-state index contributed by atoms with van der Waals surface area (Å²) < 4.78 is 5.64. The van der Waals surface area contributed by atoms with E-state index in [-0.39, 0.29) is 23.1 Å². The number of piperidine rings is 1. The van der Waals surface area contributed by atoms with Gasteiger partial charge in [-0.2, -0.15) is 0 Å². The van der Waals surface area contributed by atoms with Crippen LogP contribution in [0.2, 0.25) is 0 Å². The molecule has 0 radical (unpaired) electrons. The molecule has 1 spiro atoms. The Labute approximate surface area is 217 Å². The monoisotopic (exact) mass is 509 g/mol. The number of hydrogen-bond acceptors (Lipinski definition) is 5. The van der Waals surface area contributed by atoms with Crippen molar-refractivity contribution >= 4 is 35.1 Å². The predicted octanol–water partition coefficient (Wildman–Crippen LogP) is 3.75. The zero-order valence-electron chi connectivity index (χ0n) is 21.1. The molecule has 3 heterocycles. The first kappa shape index (κ1) is 25.9. The molecule has 1 aromatic carbocycles. The molecular weight excluding hydrogens is 474 g/mol. The van der Waals surface area contributed by atoms with E-state index in [1.807, 2.05) is 64.6 Å². The van der Waals surface area contributed by atoms with E-state index in [1.165, 1.54) is 6.92 Å². The van der Waals surface area contributed by atoms with Crippen LogP contribution < -0.4 is 10.1 Å². The van der Waals surface area contributed by atoms with Gasteiger partial charge in [-0.25, -0.2) is 0 Å². The standard InChI is InChI=1S/C28H35N3O4S/c1-3-35-25-9-5-4-7-22(25)10-11-26(33)30-15-12-28(13-16-30)14-17-31(20-28)27(34)24(29-21(2)32)19-23-8-6-18-36-23/h4-11,18,24H,3,12-17,19-20H2,1-2H3,(H,29,32)/b11-10+/t24-/m0/s1. The average molecular weight is 510 g/mol. The van der Waals surface area contributed by atoms with Crippen LogP contribution in [0.3, 0.4) is 0 Å². The maximum atomic E-state index is 13.3. The number of carbonyl (C=O) groups excluding carboxylic acids is 3. The lowest BCUT2D eigenvalue weighted by Crippen LogP contribution is -2.50. The Morgan fingerprint density at radius 1 is 1.08 bits per heavy atom. The molecule has 36 heavy (non-hydrogen) atoms. The van der Waals surface area contributed by atoms with Crippen LogP contribution in [0.15, 0.2) is 47.9 Å². The lowest BCUT2D eigenvalue weighted by molar-refractivity contribution is -0.136. The van der Waals surface area contributed by atoms with Crippen LogP contribution in [-0.2, 0) is 20.8 Å². The molecule has 0 bridgehead atoms. The molecule has 0 saturated carbocycles. The summed E-state index contributed by atoms with van der Waals surface area (Å²) in [4.78, 5) is 42.8. The zero-order valence-corrected chi connectivity index (χ0v) is 21.9. The minimum Gasteiger partial charge on any atom is -0.493 e. The molecule has 8 heteroatoms. The predicted molar refractivity (Wildman–Crippen MR) is 142 cm³/mol. The number of para-hydroxylation sites is 1. The summed E-state index contributed by atoms with van der Waals surface area (Å²) in [5.41, 5.74) is 0.934. The Bertz CT molecular complexity index is 1090. The number of nitrogens with one attached hydrogen (secondary N) is 1. The molecule has 192 valence electrons. The Morgan fingerprint density at radius 3 is 2.47 bits per heavy atom. The fourth-order valence-corrected chi connectivity index (χ4v) is 5.95. The fraction of sp³-hybridized carbons (Fsp3) is 0.464. The lowest BCUT2D eigenvalue weighted by Gasteiger charge is -2.39. The minimum absolute atomic E-state index is 0.00347. The van der Waals surface area contributed by atoms with Gasteiger partial charge in [0.15, 0.2) is 0 Å². The van der Waals surface area contributed by atoms with E-state index in [9.17, 15) is 14.4 Å². The summed E-state index contributed by atoms with van der Waals surface area (Å²) in [6, 6.07) is 11.1. The number of nitrogens with zero attached hydrogens (tertiary/aromatic N) is 2. The van der Waals surface area contributed by atoms with Crippen LogP contribution in [0.25, 0.3) is 6.08 Å². The van der Waals surface area contributed by atoms with Crippen molar-refractivity contribution in [3.8, 4) is 5.75 Å². The Hall–Kier alpha value is -3.13. The maximum absolute atomic E-state index is 13.3. The van der Waals surface area contributed by atoms with Crippen LogP contribution in [0.1, 0.15) is 43.6 Å². The molecular formula is C28H35N3O4S. The average Bonchev–Trinajstić information content (AvgIpc) is 3.53. The number of carbonyl (C=O) groups is 3. The normalized spacial score (nSPS) is 17.9. The fourth-order valence-electron chi connectivity index (χ4n) is 5.20. The molecule has 2 fully saturated rings. The van der Waals surface area contributed by atoms with Crippen molar-refractivity contribution in [3.63, 3.8) is 0 Å². The van der Waals surface area contributed by atoms with E-state index < -0.39 is 6.04 Å². The third-order valence-electron chi connectivity index (χ3n) is 7.17. The first-order chi connectivity index (χ1) is 17.4. The molecule has 3 amide bonds. The van der Waals surface area contributed by atoms with Gasteiger partial charge in [-0.05, 0) is 55.2 Å². The van der Waals surface area contributed by atoms with Crippen LogP contribution in [-0.4, -0.2) is 66.3 Å². The van der Waals surface area contributed by atoms with Crippen molar-refractivity contribution in [2.24, 2.45) is 5.41 Å². The highest BCUT2D eigenvalue weighted by molar-refractivity contribution is 7.09. The van der Waals surface area contributed by atoms with Gasteiger partial charge >= 0.3 is 0 Å². The van der Waals surface area contributed by atoms with Crippen LogP contribution in [0, 0.1) is 5.41 Å². The smallest absolute Gasteiger partial charge is 0.246 e. The first-order valence-corrected chi connectivity index (χ1v) is 13.5. The molecule has 2 aromatic rings. The molecule has 1 aromatic heterocycles. The Kier molecular flexibility index (Phi) is 8.46. The number of amides is 3. The van der Waals surface area contributed by atoms with E-state index in [2.05, 4.69) is 5.32 Å². The van der Waals surface area contributed by atoms with Gasteiger partial charge in [0.05, 0.1) is 6.61 Å². The summed E-state index contributed by atoms with van der Waals surface area (Å²) in [6.45, 7) is 6.72. The molecule has 2 saturated heterocycles. The molecule has 1 N–H and O–H groups in total. The summed E-state index contributed by atoms with van der Waals surface area (Å²) >= 11 is 1.60. The molecule has 1 atom stereocenters. The highest BCUT2D eigenvalue weighted by Crippen LogP contribution is 2.40. The van der Waals surface area contributed by atoms with Gasteiger partial charge in [-0.1, -0.05) is 24.3 Å². The van der Waals surface area contributed by atoms with Crippen LogP contribution in [0.4, 0.5) is 0 Å². The van der Waals surface area contributed by atoms with Crippen molar-refractivity contribution in [1.82, 2.24) is 15.1 Å². The second-order valence-electron chi connectivity index (χ2n) is 9.68. The van der Waals surface area contributed by atoms with Crippen molar-refractivity contribution in [1.29, 1.82) is 0 Å². The van der Waals surface area contributed by atoms with Crippen molar-refractivity contribution in [2.45, 2.75) is 45.6 Å². The summed E-state index contributed by atoms with van der Waals surface area (Å²) in [7, 11) is 0.